The van der Waals surface area contributed by atoms with Crippen molar-refractivity contribution in [1.29, 1.82) is 0 Å². The zero-order chi connectivity index (χ0) is 12.5. The number of likely N-dealkylation sites (tertiary alicyclic amines) is 1. The number of rotatable bonds is 2. The normalized spacial score (nSPS) is 15.7. The Kier molecular flexibility index (Phi) is 2.68. The molecule has 2 aromatic rings. The van der Waals surface area contributed by atoms with Gasteiger partial charge in [0.25, 0.3) is 5.91 Å². The van der Waals surface area contributed by atoms with Gasteiger partial charge in [-0.3, -0.25) is 14.8 Å². The first kappa shape index (κ1) is 11.1. The summed E-state index contributed by atoms with van der Waals surface area (Å²) in [5, 5.41) is 0. The number of benzene rings is 1. The smallest absolute Gasteiger partial charge is 0.256 e. The summed E-state index contributed by atoms with van der Waals surface area (Å²) in [6.45, 7) is 2.12. The van der Waals surface area contributed by atoms with Gasteiger partial charge in [-0.15, -0.1) is 0 Å². The molecule has 5 nitrogen and oxygen atoms in total. The molecule has 0 saturated carbocycles. The molecular weight excluding hydrogens is 228 g/mol. The van der Waals surface area contributed by atoms with Crippen LogP contribution in [0.5, 0.6) is 0 Å². The highest BCUT2D eigenvalue weighted by Crippen LogP contribution is 2.21. The molecule has 92 valence electrons. The van der Waals surface area contributed by atoms with E-state index in [9.17, 15) is 4.79 Å². The molecule has 1 aliphatic heterocycles. The molecule has 1 fully saturated rings. The van der Waals surface area contributed by atoms with Crippen LogP contribution in [0.25, 0.3) is 11.0 Å². The van der Waals surface area contributed by atoms with Gasteiger partial charge in [0, 0.05) is 31.4 Å². The third-order valence-corrected chi connectivity index (χ3v) is 3.31. The molecule has 5 heteroatoms. The van der Waals surface area contributed by atoms with Crippen LogP contribution >= 0.6 is 0 Å². The molecule has 2 heterocycles. The average molecular weight is 242 g/mol. The van der Waals surface area contributed by atoms with Crippen LogP contribution in [0, 0.1) is 5.92 Å². The minimum absolute atomic E-state index is 0.0193. The van der Waals surface area contributed by atoms with E-state index in [0.29, 0.717) is 23.5 Å². The Hall–Kier alpha value is -2.01. The molecule has 1 amide bonds. The number of hydrogen-bond donors (Lipinski definition) is 1. The van der Waals surface area contributed by atoms with Crippen molar-refractivity contribution < 1.29 is 4.79 Å². The number of hydrogen-bond acceptors (Lipinski definition) is 4. The molecule has 0 bridgehead atoms. The minimum atomic E-state index is 0.0193. The van der Waals surface area contributed by atoms with Crippen molar-refractivity contribution in [3.8, 4) is 0 Å². The first-order valence-corrected chi connectivity index (χ1v) is 5.98. The maximum Gasteiger partial charge on any atom is 0.256 e. The number of carbonyl (C=O) groups excluding carboxylic acids is 1. The number of nitrogens with two attached hydrogens (primary N) is 1. The molecule has 0 spiro atoms. The molecule has 1 aromatic heterocycles. The molecule has 1 aliphatic rings. The van der Waals surface area contributed by atoms with E-state index in [1.807, 2.05) is 12.1 Å². The van der Waals surface area contributed by atoms with Crippen molar-refractivity contribution >= 4 is 16.9 Å². The maximum atomic E-state index is 12.3. The lowest BCUT2D eigenvalue weighted by atomic mass is 9.99. The van der Waals surface area contributed by atoms with E-state index in [-0.39, 0.29) is 5.91 Å². The highest BCUT2D eigenvalue weighted by molar-refractivity contribution is 6.04. The van der Waals surface area contributed by atoms with Gasteiger partial charge in [0.15, 0.2) is 0 Å². The fourth-order valence-corrected chi connectivity index (χ4v) is 2.22. The summed E-state index contributed by atoms with van der Waals surface area (Å²) >= 11 is 0. The molecule has 18 heavy (non-hydrogen) atoms. The number of fused-ring (bicyclic) bond motifs is 1. The number of aromatic nitrogens is 2. The van der Waals surface area contributed by atoms with Crippen molar-refractivity contribution in [3.63, 3.8) is 0 Å². The molecule has 3 rings (SSSR count). The van der Waals surface area contributed by atoms with Crippen LogP contribution in [-0.4, -0.2) is 40.4 Å². The Morgan fingerprint density at radius 2 is 2.11 bits per heavy atom. The summed E-state index contributed by atoms with van der Waals surface area (Å²) in [6, 6.07) is 5.50. The number of para-hydroxylation sites is 1. The van der Waals surface area contributed by atoms with Gasteiger partial charge >= 0.3 is 0 Å². The molecular formula is C13H14N4O. The van der Waals surface area contributed by atoms with Crippen LogP contribution in [0.2, 0.25) is 0 Å². The van der Waals surface area contributed by atoms with Gasteiger partial charge in [-0.25, -0.2) is 0 Å². The van der Waals surface area contributed by atoms with Gasteiger partial charge in [0.1, 0.15) is 5.52 Å². The van der Waals surface area contributed by atoms with Gasteiger partial charge in [-0.1, -0.05) is 6.07 Å². The number of nitrogens with zero attached hydrogens (tertiary/aromatic N) is 3. The van der Waals surface area contributed by atoms with Crippen molar-refractivity contribution in [2.45, 2.75) is 0 Å². The second-order valence-corrected chi connectivity index (χ2v) is 4.54. The monoisotopic (exact) mass is 242 g/mol. The van der Waals surface area contributed by atoms with Crippen LogP contribution in [0.3, 0.4) is 0 Å². The molecule has 0 radical (unpaired) electrons. The highest BCUT2D eigenvalue weighted by atomic mass is 16.2. The van der Waals surface area contributed by atoms with Gasteiger partial charge in [0.2, 0.25) is 0 Å². The fraction of sp³-hybridized carbons (Fsp3) is 0.308. The second-order valence-electron chi connectivity index (χ2n) is 4.54. The highest BCUT2D eigenvalue weighted by Gasteiger charge is 2.30. The third kappa shape index (κ3) is 1.73. The van der Waals surface area contributed by atoms with Crippen LogP contribution in [-0.2, 0) is 0 Å². The Morgan fingerprint density at radius 1 is 1.33 bits per heavy atom. The second kappa shape index (κ2) is 4.34. The zero-order valence-electron chi connectivity index (χ0n) is 9.91. The van der Waals surface area contributed by atoms with Gasteiger partial charge < -0.3 is 10.6 Å². The summed E-state index contributed by atoms with van der Waals surface area (Å²) in [6.07, 6.45) is 3.24. The van der Waals surface area contributed by atoms with Crippen LogP contribution in [0.1, 0.15) is 10.4 Å². The average Bonchev–Trinajstić information content (AvgIpc) is 2.36. The molecule has 0 atom stereocenters. The van der Waals surface area contributed by atoms with E-state index in [1.165, 1.54) is 0 Å². The molecule has 1 aromatic carbocycles. The largest absolute Gasteiger partial charge is 0.338 e. The Labute approximate surface area is 105 Å². The van der Waals surface area contributed by atoms with Crippen LogP contribution in [0.4, 0.5) is 0 Å². The van der Waals surface area contributed by atoms with Crippen molar-refractivity contribution in [2.24, 2.45) is 11.7 Å². The fourth-order valence-electron chi connectivity index (χ4n) is 2.22. The van der Waals surface area contributed by atoms with Crippen LogP contribution < -0.4 is 5.73 Å². The number of amides is 1. The molecule has 2 N–H and O–H groups in total. The summed E-state index contributed by atoms with van der Waals surface area (Å²) in [7, 11) is 0. The Balaban J connectivity index is 1.93. The topological polar surface area (TPSA) is 72.1 Å². The Morgan fingerprint density at radius 3 is 2.89 bits per heavy atom. The van der Waals surface area contributed by atoms with Crippen molar-refractivity contribution in [2.75, 3.05) is 19.6 Å². The lowest BCUT2D eigenvalue weighted by Gasteiger charge is -2.38. The van der Waals surface area contributed by atoms with E-state index in [4.69, 9.17) is 5.73 Å². The van der Waals surface area contributed by atoms with Crippen molar-refractivity contribution in [1.82, 2.24) is 14.9 Å². The summed E-state index contributed by atoms with van der Waals surface area (Å²) in [5.74, 6) is 0.459. The molecule has 1 saturated heterocycles. The van der Waals surface area contributed by atoms with E-state index in [0.717, 1.165) is 18.6 Å². The SMILES string of the molecule is NCC1CN(C(=O)c2cccc3nccnc23)C1. The van der Waals surface area contributed by atoms with E-state index >= 15 is 0 Å². The summed E-state index contributed by atoms with van der Waals surface area (Å²) in [5.41, 5.74) is 7.60. The van der Waals surface area contributed by atoms with Crippen LogP contribution in [0.15, 0.2) is 30.6 Å². The zero-order valence-corrected chi connectivity index (χ0v) is 9.91. The van der Waals surface area contributed by atoms with E-state index in [2.05, 4.69) is 9.97 Å². The summed E-state index contributed by atoms with van der Waals surface area (Å²) in [4.78, 5) is 22.6. The minimum Gasteiger partial charge on any atom is -0.338 e. The van der Waals surface area contributed by atoms with Gasteiger partial charge in [-0.2, -0.15) is 0 Å². The lowest BCUT2D eigenvalue weighted by molar-refractivity contribution is 0.0517. The predicted octanol–water partition coefficient (Wildman–Crippen LogP) is 0.660. The summed E-state index contributed by atoms with van der Waals surface area (Å²) < 4.78 is 0. The predicted molar refractivity (Wildman–Crippen MR) is 68.0 cm³/mol. The third-order valence-electron chi connectivity index (χ3n) is 3.31. The quantitative estimate of drug-likeness (QED) is 0.839. The first-order chi connectivity index (χ1) is 8.79. The van der Waals surface area contributed by atoms with E-state index in [1.54, 1.807) is 23.4 Å². The molecule has 0 aliphatic carbocycles. The van der Waals surface area contributed by atoms with E-state index < -0.39 is 0 Å². The van der Waals surface area contributed by atoms with Crippen molar-refractivity contribution in [3.05, 3.63) is 36.2 Å². The lowest BCUT2D eigenvalue weighted by Crippen LogP contribution is -2.52. The van der Waals surface area contributed by atoms with Gasteiger partial charge in [-0.05, 0) is 18.7 Å². The number of carbonyl (C=O) groups is 1. The standard InChI is InChI=1S/C13H14N4O/c14-6-9-7-17(8-9)13(18)10-2-1-3-11-12(10)16-5-4-15-11/h1-5,9H,6-8,14H2. The Bertz CT molecular complexity index is 587. The first-order valence-electron chi connectivity index (χ1n) is 5.98. The molecule has 0 unspecified atom stereocenters. The van der Waals surface area contributed by atoms with Gasteiger partial charge in [0.05, 0.1) is 11.1 Å². The maximum absolute atomic E-state index is 12.3.